The fraction of sp³-hybridized carbons (Fsp3) is 0.333. The number of rotatable bonds is 3. The first-order valence-electron chi connectivity index (χ1n) is 4.15. The number of aliphatic hydroxyl groups is 1. The highest BCUT2D eigenvalue weighted by atomic mass is 16.4. The van der Waals surface area contributed by atoms with Gasteiger partial charge < -0.3 is 15.9 Å². The Labute approximate surface area is 81.2 Å². The Hall–Kier alpha value is -1.46. The molecular weight excluding hydrogens is 184 g/mol. The number of hydrogen-bond acceptors (Lipinski definition) is 4. The molecule has 1 rings (SSSR count). The number of aromatic nitrogens is 1. The minimum absolute atomic E-state index is 0.117. The summed E-state index contributed by atoms with van der Waals surface area (Å²) in [6.07, 6.45) is 0.604. The zero-order valence-corrected chi connectivity index (χ0v) is 7.71. The van der Waals surface area contributed by atoms with Crippen molar-refractivity contribution in [3.05, 3.63) is 29.6 Å². The van der Waals surface area contributed by atoms with E-state index in [1.807, 2.05) is 0 Å². The highest BCUT2D eigenvalue weighted by Crippen LogP contribution is 2.12. The third kappa shape index (κ3) is 2.27. The van der Waals surface area contributed by atoms with Gasteiger partial charge in [0.1, 0.15) is 0 Å². The van der Waals surface area contributed by atoms with Gasteiger partial charge in [-0.25, -0.2) is 4.79 Å². The van der Waals surface area contributed by atoms with Gasteiger partial charge in [-0.1, -0.05) is 0 Å². The molecule has 0 aliphatic heterocycles. The number of hydrogen-bond donors (Lipinski definition) is 3. The summed E-state index contributed by atoms with van der Waals surface area (Å²) in [4.78, 5) is 14.5. The van der Waals surface area contributed by atoms with Crippen LogP contribution >= 0.6 is 0 Å². The van der Waals surface area contributed by atoms with Crippen molar-refractivity contribution in [1.29, 1.82) is 0 Å². The molecule has 0 bridgehead atoms. The van der Waals surface area contributed by atoms with Crippen molar-refractivity contribution < 1.29 is 15.0 Å². The molecule has 0 fully saturated rings. The Bertz CT molecular complexity index is 339. The molecule has 0 aliphatic rings. The number of carboxylic acids is 1. The Balaban J connectivity index is 2.99. The molecule has 76 valence electrons. The maximum atomic E-state index is 10.6. The van der Waals surface area contributed by atoms with E-state index in [9.17, 15) is 9.90 Å². The van der Waals surface area contributed by atoms with Gasteiger partial charge in [-0.15, -0.1) is 0 Å². The quantitative estimate of drug-likeness (QED) is 0.639. The normalized spacial score (nSPS) is 14.8. The Kier molecular flexibility index (Phi) is 3.16. The summed E-state index contributed by atoms with van der Waals surface area (Å²) in [5, 5.41) is 17.9. The van der Waals surface area contributed by atoms with Crippen molar-refractivity contribution >= 4 is 5.97 Å². The van der Waals surface area contributed by atoms with Crippen molar-refractivity contribution in [2.45, 2.75) is 19.1 Å². The van der Waals surface area contributed by atoms with E-state index in [4.69, 9.17) is 10.8 Å². The second-order valence-corrected chi connectivity index (χ2v) is 3.04. The molecule has 0 saturated carbocycles. The van der Waals surface area contributed by atoms with Gasteiger partial charge in [-0.05, 0) is 19.1 Å². The second kappa shape index (κ2) is 4.17. The molecule has 5 heteroatoms. The van der Waals surface area contributed by atoms with Gasteiger partial charge in [-0.2, -0.15) is 0 Å². The molecule has 0 aliphatic carbocycles. The Morgan fingerprint density at radius 1 is 1.64 bits per heavy atom. The third-order valence-corrected chi connectivity index (χ3v) is 1.89. The van der Waals surface area contributed by atoms with E-state index in [2.05, 4.69) is 4.98 Å². The monoisotopic (exact) mass is 196 g/mol. The molecule has 5 nitrogen and oxygen atoms in total. The predicted molar refractivity (Wildman–Crippen MR) is 49.8 cm³/mol. The molecule has 0 spiro atoms. The molecule has 0 aromatic carbocycles. The number of aromatic carboxylic acids is 1. The molecule has 0 amide bonds. The molecule has 14 heavy (non-hydrogen) atoms. The number of nitrogens with two attached hydrogens (primary N) is 1. The maximum Gasteiger partial charge on any atom is 0.335 e. The zero-order valence-electron chi connectivity index (χ0n) is 7.71. The summed E-state index contributed by atoms with van der Waals surface area (Å²) in [5.74, 6) is -1.04. The number of aliphatic hydroxyl groups excluding tert-OH is 1. The summed E-state index contributed by atoms with van der Waals surface area (Å²) in [6.45, 7) is 1.53. The van der Waals surface area contributed by atoms with Crippen molar-refractivity contribution in [3.8, 4) is 0 Å². The van der Waals surface area contributed by atoms with Crippen molar-refractivity contribution in [2.75, 3.05) is 0 Å². The minimum Gasteiger partial charge on any atom is -0.478 e. The van der Waals surface area contributed by atoms with E-state index in [0.29, 0.717) is 5.69 Å². The smallest absolute Gasteiger partial charge is 0.335 e. The van der Waals surface area contributed by atoms with E-state index in [1.165, 1.54) is 25.3 Å². The molecule has 4 N–H and O–H groups in total. The van der Waals surface area contributed by atoms with Gasteiger partial charge in [0.15, 0.2) is 0 Å². The number of pyridine rings is 1. The highest BCUT2D eigenvalue weighted by Gasteiger charge is 2.14. The van der Waals surface area contributed by atoms with Gasteiger partial charge in [-0.3, -0.25) is 4.98 Å². The van der Waals surface area contributed by atoms with Crippen LogP contribution in [0.15, 0.2) is 18.3 Å². The van der Waals surface area contributed by atoms with Crippen molar-refractivity contribution in [1.82, 2.24) is 4.98 Å². The van der Waals surface area contributed by atoms with Crippen LogP contribution in [0, 0.1) is 0 Å². The van der Waals surface area contributed by atoms with E-state index in [-0.39, 0.29) is 5.56 Å². The average Bonchev–Trinajstić information content (AvgIpc) is 2.16. The lowest BCUT2D eigenvalue weighted by Gasteiger charge is -2.13. The molecule has 0 saturated heterocycles. The summed E-state index contributed by atoms with van der Waals surface area (Å²) in [7, 11) is 0. The van der Waals surface area contributed by atoms with Gasteiger partial charge in [0.25, 0.3) is 0 Å². The van der Waals surface area contributed by atoms with Crippen LogP contribution in [0.25, 0.3) is 0 Å². The number of carboxylic acid groups (broad SMARTS) is 1. The first-order chi connectivity index (χ1) is 6.52. The van der Waals surface area contributed by atoms with Crippen LogP contribution in [0.2, 0.25) is 0 Å². The van der Waals surface area contributed by atoms with E-state index in [1.54, 1.807) is 0 Å². The van der Waals surface area contributed by atoms with Gasteiger partial charge in [0.05, 0.1) is 23.4 Å². The van der Waals surface area contributed by atoms with Crippen LogP contribution < -0.4 is 5.73 Å². The molecule has 1 heterocycles. The summed E-state index contributed by atoms with van der Waals surface area (Å²) in [5.41, 5.74) is 6.09. The molecule has 2 atom stereocenters. The molecule has 0 radical (unpaired) electrons. The summed E-state index contributed by atoms with van der Waals surface area (Å²) >= 11 is 0. The predicted octanol–water partition coefficient (Wildman–Crippen LogP) is 0.160. The van der Waals surface area contributed by atoms with Gasteiger partial charge in [0, 0.05) is 6.20 Å². The van der Waals surface area contributed by atoms with Crippen LogP contribution in [0.5, 0.6) is 0 Å². The average molecular weight is 196 g/mol. The second-order valence-electron chi connectivity index (χ2n) is 3.04. The number of nitrogens with zero attached hydrogens (tertiary/aromatic N) is 1. The van der Waals surface area contributed by atoms with Crippen LogP contribution in [-0.4, -0.2) is 27.3 Å². The van der Waals surface area contributed by atoms with Crippen molar-refractivity contribution in [3.63, 3.8) is 0 Å². The minimum atomic E-state index is -1.04. The summed E-state index contributed by atoms with van der Waals surface area (Å²) < 4.78 is 0. The molecule has 0 unspecified atom stereocenters. The molecular formula is C9H12N2O3. The largest absolute Gasteiger partial charge is 0.478 e. The molecule has 1 aromatic heterocycles. The Morgan fingerprint density at radius 2 is 2.29 bits per heavy atom. The van der Waals surface area contributed by atoms with E-state index < -0.39 is 18.1 Å². The first-order valence-corrected chi connectivity index (χ1v) is 4.15. The van der Waals surface area contributed by atoms with Gasteiger partial charge in [0.2, 0.25) is 0 Å². The zero-order chi connectivity index (χ0) is 10.7. The number of carbonyl (C=O) groups is 1. The van der Waals surface area contributed by atoms with Crippen LogP contribution in [-0.2, 0) is 0 Å². The van der Waals surface area contributed by atoms with E-state index in [0.717, 1.165) is 0 Å². The van der Waals surface area contributed by atoms with Crippen LogP contribution in [0.1, 0.15) is 29.0 Å². The fourth-order valence-corrected chi connectivity index (χ4v) is 1.01. The lowest BCUT2D eigenvalue weighted by Crippen LogP contribution is -2.24. The van der Waals surface area contributed by atoms with E-state index >= 15 is 0 Å². The first kappa shape index (κ1) is 10.6. The maximum absolute atomic E-state index is 10.6. The Morgan fingerprint density at radius 3 is 2.79 bits per heavy atom. The van der Waals surface area contributed by atoms with Crippen molar-refractivity contribution in [2.24, 2.45) is 5.73 Å². The standard InChI is InChI=1S/C9H12N2O3/c1-5(12)8(10)7-4-6(9(13)14)2-3-11-7/h2-5,8,12H,10H2,1H3,(H,13,14)/t5-,8-/m1/s1. The SMILES string of the molecule is C[C@@H](O)[C@@H](N)c1cc(C(=O)O)ccn1. The lowest BCUT2D eigenvalue weighted by molar-refractivity contribution is 0.0696. The van der Waals surface area contributed by atoms with Crippen LogP contribution in [0.3, 0.4) is 0 Å². The van der Waals surface area contributed by atoms with Gasteiger partial charge >= 0.3 is 5.97 Å². The fourth-order valence-electron chi connectivity index (χ4n) is 1.01. The van der Waals surface area contributed by atoms with Crippen LogP contribution in [0.4, 0.5) is 0 Å². The molecule has 1 aromatic rings. The lowest BCUT2D eigenvalue weighted by atomic mass is 10.1. The topological polar surface area (TPSA) is 96.4 Å². The highest BCUT2D eigenvalue weighted by molar-refractivity contribution is 5.87. The third-order valence-electron chi connectivity index (χ3n) is 1.89. The summed E-state index contributed by atoms with van der Waals surface area (Å²) in [6, 6.07) is 2.08.